The van der Waals surface area contributed by atoms with Crippen molar-refractivity contribution in [3.05, 3.63) is 30.0 Å². The molecule has 2 aromatic rings. The summed E-state index contributed by atoms with van der Waals surface area (Å²) in [6.07, 6.45) is 4.39. The second-order valence-electron chi connectivity index (χ2n) is 5.70. The molecule has 5 heteroatoms. The lowest BCUT2D eigenvalue weighted by molar-refractivity contribution is 0.454. The Morgan fingerprint density at radius 3 is 2.38 bits per heavy atom. The van der Waals surface area contributed by atoms with E-state index in [-0.39, 0.29) is 4.75 Å². The summed E-state index contributed by atoms with van der Waals surface area (Å²) < 4.78 is 0.245. The predicted octanol–water partition coefficient (Wildman–Crippen LogP) is 2.60. The third kappa shape index (κ3) is 2.72. The molecule has 0 unspecified atom stereocenters. The molecule has 0 atom stereocenters. The van der Waals surface area contributed by atoms with Crippen molar-refractivity contribution in [2.45, 2.75) is 24.5 Å². The van der Waals surface area contributed by atoms with Gasteiger partial charge in [0.2, 0.25) is 0 Å². The zero-order valence-electron chi connectivity index (χ0n) is 12.7. The molecular formula is C16H22N4S. The van der Waals surface area contributed by atoms with E-state index >= 15 is 0 Å². The molecular weight excluding hydrogens is 280 g/mol. The molecule has 0 aliphatic carbocycles. The highest BCUT2D eigenvalue weighted by Crippen LogP contribution is 2.35. The third-order valence-corrected chi connectivity index (χ3v) is 5.94. The van der Waals surface area contributed by atoms with Gasteiger partial charge in [0.1, 0.15) is 0 Å². The van der Waals surface area contributed by atoms with Gasteiger partial charge in [-0.2, -0.15) is 11.8 Å². The molecule has 1 saturated heterocycles. The Kier molecular flexibility index (Phi) is 4.04. The number of benzene rings is 1. The standard InChI is InChI=1S/C16H22N4S/c1-12-15(19-14-6-4-3-5-13(14)18-12)20-9-7-16(11-17,21-2)8-10-20/h3-6H,7-11,17H2,1-2H3. The van der Waals surface area contributed by atoms with Gasteiger partial charge in [0, 0.05) is 24.4 Å². The van der Waals surface area contributed by atoms with Crippen molar-refractivity contribution in [2.75, 3.05) is 30.8 Å². The summed E-state index contributed by atoms with van der Waals surface area (Å²) in [7, 11) is 0. The number of nitrogens with two attached hydrogens (primary N) is 1. The van der Waals surface area contributed by atoms with Crippen molar-refractivity contribution >= 4 is 28.6 Å². The van der Waals surface area contributed by atoms with Gasteiger partial charge in [-0.3, -0.25) is 0 Å². The van der Waals surface area contributed by atoms with Gasteiger partial charge in [-0.1, -0.05) is 12.1 Å². The van der Waals surface area contributed by atoms with Gasteiger partial charge in [0.25, 0.3) is 0 Å². The Balaban J connectivity index is 1.87. The maximum absolute atomic E-state index is 5.97. The SMILES string of the molecule is CSC1(CN)CCN(c2nc3ccccc3nc2C)CC1. The first-order chi connectivity index (χ1) is 10.2. The first-order valence-corrected chi connectivity index (χ1v) is 8.63. The minimum atomic E-state index is 0.245. The fourth-order valence-corrected chi connectivity index (χ4v) is 3.75. The van der Waals surface area contributed by atoms with Gasteiger partial charge in [0.15, 0.2) is 5.82 Å². The Hall–Kier alpha value is -1.33. The monoisotopic (exact) mass is 302 g/mol. The summed E-state index contributed by atoms with van der Waals surface area (Å²) in [6.45, 7) is 4.82. The van der Waals surface area contributed by atoms with E-state index in [1.807, 2.05) is 43.0 Å². The van der Waals surface area contributed by atoms with Crippen LogP contribution in [0.1, 0.15) is 18.5 Å². The molecule has 3 rings (SSSR count). The van der Waals surface area contributed by atoms with Gasteiger partial charge < -0.3 is 10.6 Å². The fraction of sp³-hybridized carbons (Fsp3) is 0.500. The van der Waals surface area contributed by atoms with Crippen LogP contribution in [0.2, 0.25) is 0 Å². The van der Waals surface area contributed by atoms with E-state index in [2.05, 4.69) is 11.2 Å². The summed E-state index contributed by atoms with van der Waals surface area (Å²) in [6, 6.07) is 8.06. The average Bonchev–Trinajstić information content (AvgIpc) is 2.54. The molecule has 1 aromatic heterocycles. The molecule has 0 amide bonds. The number of thioether (sulfide) groups is 1. The largest absolute Gasteiger partial charge is 0.355 e. The Labute approximate surface area is 130 Å². The number of piperidine rings is 1. The highest BCUT2D eigenvalue weighted by Gasteiger charge is 2.33. The molecule has 1 aliphatic heterocycles. The van der Waals surface area contributed by atoms with Crippen molar-refractivity contribution in [2.24, 2.45) is 5.73 Å². The minimum absolute atomic E-state index is 0.245. The predicted molar refractivity (Wildman–Crippen MR) is 91.0 cm³/mol. The van der Waals surface area contributed by atoms with Crippen LogP contribution in [0.15, 0.2) is 24.3 Å². The molecule has 112 valence electrons. The Morgan fingerprint density at radius 1 is 1.19 bits per heavy atom. The van der Waals surface area contributed by atoms with Gasteiger partial charge in [-0.15, -0.1) is 0 Å². The number of nitrogens with zero attached hydrogens (tertiary/aromatic N) is 3. The van der Waals surface area contributed by atoms with Crippen LogP contribution in [0.25, 0.3) is 11.0 Å². The molecule has 2 heterocycles. The first-order valence-electron chi connectivity index (χ1n) is 7.41. The summed E-state index contributed by atoms with van der Waals surface area (Å²) in [5, 5.41) is 0. The van der Waals surface area contributed by atoms with Crippen LogP contribution in [0, 0.1) is 6.92 Å². The minimum Gasteiger partial charge on any atom is -0.355 e. The summed E-state index contributed by atoms with van der Waals surface area (Å²) in [5.41, 5.74) is 8.92. The van der Waals surface area contributed by atoms with Gasteiger partial charge in [0.05, 0.1) is 16.7 Å². The topological polar surface area (TPSA) is 55.0 Å². The highest BCUT2D eigenvalue weighted by atomic mass is 32.2. The van der Waals surface area contributed by atoms with Crippen LogP contribution >= 0.6 is 11.8 Å². The number of aryl methyl sites for hydroxylation is 1. The quantitative estimate of drug-likeness (QED) is 0.944. The molecule has 1 fully saturated rings. The van der Waals surface area contributed by atoms with Crippen LogP contribution in [0.5, 0.6) is 0 Å². The summed E-state index contributed by atoms with van der Waals surface area (Å²) >= 11 is 1.91. The molecule has 4 nitrogen and oxygen atoms in total. The molecule has 1 aliphatic rings. The van der Waals surface area contributed by atoms with Crippen LogP contribution < -0.4 is 10.6 Å². The first kappa shape index (κ1) is 14.6. The Bertz CT molecular complexity index is 629. The molecule has 1 aromatic carbocycles. The van der Waals surface area contributed by atoms with Gasteiger partial charge in [-0.25, -0.2) is 9.97 Å². The zero-order chi connectivity index (χ0) is 14.9. The van der Waals surface area contributed by atoms with Crippen molar-refractivity contribution < 1.29 is 0 Å². The van der Waals surface area contributed by atoms with Gasteiger partial charge in [-0.05, 0) is 38.2 Å². The van der Waals surface area contributed by atoms with E-state index in [1.54, 1.807) is 0 Å². The average molecular weight is 302 g/mol. The van der Waals surface area contributed by atoms with Crippen LogP contribution in [-0.4, -0.2) is 40.6 Å². The third-order valence-electron chi connectivity index (χ3n) is 4.50. The number of hydrogen-bond donors (Lipinski definition) is 1. The number of aromatic nitrogens is 2. The van der Waals surface area contributed by atoms with Crippen molar-refractivity contribution in [1.29, 1.82) is 0 Å². The number of para-hydroxylation sites is 2. The Morgan fingerprint density at radius 2 is 1.81 bits per heavy atom. The van der Waals surface area contributed by atoms with Crippen LogP contribution in [-0.2, 0) is 0 Å². The number of rotatable bonds is 3. The van der Waals surface area contributed by atoms with E-state index in [1.165, 1.54) is 0 Å². The van der Waals surface area contributed by atoms with Crippen molar-refractivity contribution in [3.8, 4) is 0 Å². The molecule has 0 spiro atoms. The summed E-state index contributed by atoms with van der Waals surface area (Å²) in [5.74, 6) is 1.03. The maximum Gasteiger partial charge on any atom is 0.150 e. The second-order valence-corrected chi connectivity index (χ2v) is 6.97. The second kappa shape index (κ2) is 5.81. The van der Waals surface area contributed by atoms with E-state index in [0.717, 1.165) is 55.0 Å². The van der Waals surface area contributed by atoms with Gasteiger partial charge >= 0.3 is 0 Å². The maximum atomic E-state index is 5.97. The molecule has 0 saturated carbocycles. The van der Waals surface area contributed by atoms with Crippen molar-refractivity contribution in [3.63, 3.8) is 0 Å². The molecule has 21 heavy (non-hydrogen) atoms. The smallest absolute Gasteiger partial charge is 0.150 e. The highest BCUT2D eigenvalue weighted by molar-refractivity contribution is 8.00. The zero-order valence-corrected chi connectivity index (χ0v) is 13.5. The number of hydrogen-bond acceptors (Lipinski definition) is 5. The lowest BCUT2D eigenvalue weighted by atomic mass is 9.95. The van der Waals surface area contributed by atoms with E-state index in [9.17, 15) is 0 Å². The molecule has 2 N–H and O–H groups in total. The van der Waals surface area contributed by atoms with E-state index < -0.39 is 0 Å². The van der Waals surface area contributed by atoms with Crippen molar-refractivity contribution in [1.82, 2.24) is 9.97 Å². The summed E-state index contributed by atoms with van der Waals surface area (Å²) in [4.78, 5) is 11.9. The van der Waals surface area contributed by atoms with Crippen LogP contribution in [0.4, 0.5) is 5.82 Å². The number of fused-ring (bicyclic) bond motifs is 1. The molecule has 0 bridgehead atoms. The lowest BCUT2D eigenvalue weighted by Gasteiger charge is -2.40. The van der Waals surface area contributed by atoms with Crippen LogP contribution in [0.3, 0.4) is 0 Å². The lowest BCUT2D eigenvalue weighted by Crippen LogP contribution is -2.47. The normalized spacial score (nSPS) is 18.1. The fourth-order valence-electron chi connectivity index (χ4n) is 3.00. The number of anilines is 1. The van der Waals surface area contributed by atoms with E-state index in [0.29, 0.717) is 0 Å². The van der Waals surface area contributed by atoms with E-state index in [4.69, 9.17) is 15.7 Å². The molecule has 0 radical (unpaired) electrons.